The molecule has 0 radical (unpaired) electrons. The quantitative estimate of drug-likeness (QED) is 0.445. The Bertz CT molecular complexity index is 364. The molecule has 0 bridgehead atoms. The number of ether oxygens (including phenoxy) is 2. The Balaban J connectivity index is 2.24. The van der Waals surface area contributed by atoms with Gasteiger partial charge in [-0.2, -0.15) is 0 Å². The maximum Gasteiger partial charge on any atom is 0.311 e. The Morgan fingerprint density at radius 2 is 1.71 bits per heavy atom. The predicted octanol–water partition coefficient (Wildman–Crippen LogP) is 2.15. The number of rotatable bonds is 6. The van der Waals surface area contributed by atoms with Crippen LogP contribution in [0, 0.1) is 0 Å². The van der Waals surface area contributed by atoms with Gasteiger partial charge in [0.1, 0.15) is 12.4 Å². The van der Waals surface area contributed by atoms with Crippen LogP contribution >= 0.6 is 11.6 Å². The zero-order valence-electron chi connectivity index (χ0n) is 9.23. The van der Waals surface area contributed by atoms with Crippen molar-refractivity contribution in [3.63, 3.8) is 0 Å². The molecular formula is C12H13ClO4. The van der Waals surface area contributed by atoms with Gasteiger partial charge in [0.2, 0.25) is 0 Å². The van der Waals surface area contributed by atoms with Crippen LogP contribution in [0.1, 0.15) is 12.8 Å². The third kappa shape index (κ3) is 5.92. The van der Waals surface area contributed by atoms with Crippen molar-refractivity contribution in [2.45, 2.75) is 12.8 Å². The molecule has 0 amide bonds. The van der Waals surface area contributed by atoms with Crippen LogP contribution in [0.15, 0.2) is 30.3 Å². The summed E-state index contributed by atoms with van der Waals surface area (Å²) in [6.45, 7) is 0.161. The molecular weight excluding hydrogens is 244 g/mol. The number of hydrogen-bond donors (Lipinski definition) is 0. The van der Waals surface area contributed by atoms with Gasteiger partial charge in [-0.05, 0) is 12.1 Å². The van der Waals surface area contributed by atoms with E-state index >= 15 is 0 Å². The molecule has 0 aromatic heterocycles. The van der Waals surface area contributed by atoms with E-state index in [1.165, 1.54) is 0 Å². The standard InChI is InChI=1S/C12H13ClO4/c13-8-9-16-11(14)6-7-12(15)17-10-4-2-1-3-5-10/h1-5H,6-9H2. The molecule has 4 nitrogen and oxygen atoms in total. The van der Waals surface area contributed by atoms with Crippen molar-refractivity contribution in [2.75, 3.05) is 12.5 Å². The van der Waals surface area contributed by atoms with Crippen molar-refractivity contribution < 1.29 is 19.1 Å². The van der Waals surface area contributed by atoms with Crippen LogP contribution in [-0.4, -0.2) is 24.4 Å². The molecule has 5 heteroatoms. The van der Waals surface area contributed by atoms with E-state index in [0.717, 1.165) is 0 Å². The Labute approximate surface area is 104 Å². The molecule has 0 saturated carbocycles. The Kier molecular flexibility index (Phi) is 6.10. The minimum absolute atomic E-state index is 0.00254. The maximum atomic E-state index is 11.3. The lowest BCUT2D eigenvalue weighted by atomic mass is 10.3. The highest BCUT2D eigenvalue weighted by Crippen LogP contribution is 2.09. The third-order valence-electron chi connectivity index (χ3n) is 1.85. The van der Waals surface area contributed by atoms with Gasteiger partial charge in [-0.25, -0.2) is 0 Å². The zero-order chi connectivity index (χ0) is 12.5. The SMILES string of the molecule is O=C(CCC(=O)Oc1ccccc1)OCCCl. The number of alkyl halides is 1. The largest absolute Gasteiger partial charge is 0.464 e. The molecule has 0 atom stereocenters. The molecule has 92 valence electrons. The minimum Gasteiger partial charge on any atom is -0.464 e. The molecule has 1 aromatic carbocycles. The first kappa shape index (κ1) is 13.5. The number of halogens is 1. The summed E-state index contributed by atoms with van der Waals surface area (Å²) in [6.07, 6.45) is -0.00142. The zero-order valence-corrected chi connectivity index (χ0v) is 9.98. The van der Waals surface area contributed by atoms with Gasteiger partial charge in [0.25, 0.3) is 0 Å². The lowest BCUT2D eigenvalue weighted by molar-refractivity contribution is -0.146. The van der Waals surface area contributed by atoms with Crippen molar-refractivity contribution in [3.05, 3.63) is 30.3 Å². The summed E-state index contributed by atoms with van der Waals surface area (Å²) in [5.41, 5.74) is 0. The maximum absolute atomic E-state index is 11.3. The number of esters is 2. The highest BCUT2D eigenvalue weighted by atomic mass is 35.5. The van der Waals surface area contributed by atoms with Crippen LogP contribution < -0.4 is 4.74 Å². The fourth-order valence-corrected chi connectivity index (χ4v) is 1.18. The highest BCUT2D eigenvalue weighted by molar-refractivity contribution is 6.18. The topological polar surface area (TPSA) is 52.6 Å². The smallest absolute Gasteiger partial charge is 0.311 e. The Morgan fingerprint density at radius 1 is 1.06 bits per heavy atom. The molecule has 0 unspecified atom stereocenters. The average molecular weight is 257 g/mol. The molecule has 17 heavy (non-hydrogen) atoms. The van der Waals surface area contributed by atoms with E-state index in [0.29, 0.717) is 5.75 Å². The van der Waals surface area contributed by atoms with E-state index in [1.54, 1.807) is 24.3 Å². The number of carbonyl (C=O) groups is 2. The van der Waals surface area contributed by atoms with E-state index < -0.39 is 11.9 Å². The second kappa shape index (κ2) is 7.68. The third-order valence-corrected chi connectivity index (χ3v) is 2.00. The van der Waals surface area contributed by atoms with Crippen LogP contribution in [-0.2, 0) is 14.3 Å². The van der Waals surface area contributed by atoms with Gasteiger partial charge < -0.3 is 9.47 Å². The van der Waals surface area contributed by atoms with E-state index in [4.69, 9.17) is 21.1 Å². The monoisotopic (exact) mass is 256 g/mol. The molecule has 0 N–H and O–H groups in total. The normalized spacial score (nSPS) is 9.71. The molecule has 0 fully saturated rings. The predicted molar refractivity (Wildman–Crippen MR) is 63.0 cm³/mol. The Morgan fingerprint density at radius 3 is 2.35 bits per heavy atom. The fourth-order valence-electron chi connectivity index (χ4n) is 1.10. The van der Waals surface area contributed by atoms with E-state index in [2.05, 4.69) is 0 Å². The summed E-state index contributed by atoms with van der Waals surface area (Å²) < 4.78 is 9.71. The summed E-state index contributed by atoms with van der Waals surface area (Å²) in [5, 5.41) is 0. The van der Waals surface area contributed by atoms with Crippen LogP contribution in [0.5, 0.6) is 5.75 Å². The van der Waals surface area contributed by atoms with Crippen molar-refractivity contribution in [3.8, 4) is 5.75 Å². The second-order valence-electron chi connectivity index (χ2n) is 3.20. The van der Waals surface area contributed by atoms with E-state index in [1.807, 2.05) is 6.07 Å². The van der Waals surface area contributed by atoms with Crippen LogP contribution in [0.2, 0.25) is 0 Å². The van der Waals surface area contributed by atoms with Crippen molar-refractivity contribution in [1.82, 2.24) is 0 Å². The van der Waals surface area contributed by atoms with Gasteiger partial charge in [0.15, 0.2) is 0 Å². The minimum atomic E-state index is -0.459. The molecule has 0 heterocycles. The van der Waals surface area contributed by atoms with Crippen LogP contribution in [0.4, 0.5) is 0 Å². The molecule has 1 aromatic rings. The first-order valence-electron chi connectivity index (χ1n) is 5.19. The van der Waals surface area contributed by atoms with Crippen molar-refractivity contribution in [2.24, 2.45) is 0 Å². The Hall–Kier alpha value is -1.55. The molecule has 0 aliphatic rings. The van der Waals surface area contributed by atoms with Crippen LogP contribution in [0.3, 0.4) is 0 Å². The van der Waals surface area contributed by atoms with Gasteiger partial charge >= 0.3 is 11.9 Å². The summed E-state index contributed by atoms with van der Waals surface area (Å²) >= 11 is 5.35. The lowest BCUT2D eigenvalue weighted by Gasteiger charge is -2.04. The van der Waals surface area contributed by atoms with Gasteiger partial charge in [-0.15, -0.1) is 11.6 Å². The molecule has 0 aliphatic heterocycles. The lowest BCUT2D eigenvalue weighted by Crippen LogP contribution is -2.13. The summed E-state index contributed by atoms with van der Waals surface area (Å²) in [4.78, 5) is 22.4. The molecule has 0 aliphatic carbocycles. The van der Waals surface area contributed by atoms with Crippen LogP contribution in [0.25, 0.3) is 0 Å². The molecule has 0 spiro atoms. The van der Waals surface area contributed by atoms with Crippen molar-refractivity contribution in [1.29, 1.82) is 0 Å². The number of para-hydroxylation sites is 1. The van der Waals surface area contributed by atoms with E-state index in [-0.39, 0.29) is 25.3 Å². The molecule has 0 saturated heterocycles. The average Bonchev–Trinajstić information content (AvgIpc) is 2.35. The van der Waals surface area contributed by atoms with Gasteiger partial charge in [-0.1, -0.05) is 18.2 Å². The van der Waals surface area contributed by atoms with Gasteiger partial charge in [0.05, 0.1) is 18.7 Å². The highest BCUT2D eigenvalue weighted by Gasteiger charge is 2.09. The van der Waals surface area contributed by atoms with Gasteiger partial charge in [-0.3, -0.25) is 9.59 Å². The van der Waals surface area contributed by atoms with Crippen molar-refractivity contribution >= 4 is 23.5 Å². The summed E-state index contributed by atoms with van der Waals surface area (Å²) in [5.74, 6) is -0.193. The number of benzene rings is 1. The summed E-state index contributed by atoms with van der Waals surface area (Å²) in [6, 6.07) is 8.68. The second-order valence-corrected chi connectivity index (χ2v) is 3.57. The number of carbonyl (C=O) groups excluding carboxylic acids is 2. The first-order chi connectivity index (χ1) is 8.22. The van der Waals surface area contributed by atoms with Gasteiger partial charge in [0, 0.05) is 0 Å². The van der Waals surface area contributed by atoms with E-state index in [9.17, 15) is 9.59 Å². The first-order valence-corrected chi connectivity index (χ1v) is 5.73. The fraction of sp³-hybridized carbons (Fsp3) is 0.333. The molecule has 1 rings (SSSR count). The number of hydrogen-bond acceptors (Lipinski definition) is 4. The summed E-state index contributed by atoms with van der Waals surface area (Å²) in [7, 11) is 0.